The highest BCUT2D eigenvalue weighted by Gasteiger charge is 2.48. The molecule has 0 saturated carbocycles. The lowest BCUT2D eigenvalue weighted by atomic mass is 9.94. The van der Waals surface area contributed by atoms with Crippen LogP contribution < -0.4 is 4.74 Å². The van der Waals surface area contributed by atoms with Gasteiger partial charge >= 0.3 is 0 Å². The fourth-order valence-electron chi connectivity index (χ4n) is 4.70. The first-order valence-corrected chi connectivity index (χ1v) is 10.7. The molecule has 2 fully saturated rings. The van der Waals surface area contributed by atoms with E-state index in [4.69, 9.17) is 9.47 Å². The number of H-pyrrole nitrogens is 1. The Morgan fingerprint density at radius 1 is 1.19 bits per heavy atom. The number of Topliss-reactive ketones (excluding diaryl/α,β-unsaturated/α-hetero) is 1. The van der Waals surface area contributed by atoms with Gasteiger partial charge < -0.3 is 24.5 Å². The number of aromatic amines is 1. The lowest BCUT2D eigenvalue weighted by molar-refractivity contribution is -0.140. The normalized spacial score (nSPS) is 22.7. The number of para-hydroxylation sites is 2. The Bertz CT molecular complexity index is 1220. The first-order chi connectivity index (χ1) is 15.6. The van der Waals surface area contributed by atoms with Crippen molar-refractivity contribution < 1.29 is 24.2 Å². The molecule has 2 aliphatic heterocycles. The van der Waals surface area contributed by atoms with Crippen molar-refractivity contribution in [2.24, 2.45) is 0 Å². The number of carbonyl (C=O) groups excluding carboxylic acids is 2. The highest BCUT2D eigenvalue weighted by molar-refractivity contribution is 6.46. The molecule has 7 nitrogen and oxygen atoms in total. The number of carbonyl (C=O) groups is 2. The van der Waals surface area contributed by atoms with Gasteiger partial charge in [0, 0.05) is 35.8 Å². The van der Waals surface area contributed by atoms with E-state index in [0.717, 1.165) is 29.3 Å². The second kappa shape index (κ2) is 8.16. The van der Waals surface area contributed by atoms with Crippen LogP contribution >= 0.6 is 0 Å². The Balaban J connectivity index is 1.70. The quantitative estimate of drug-likeness (QED) is 0.364. The topological polar surface area (TPSA) is 91.9 Å². The number of aliphatic hydroxyl groups is 1. The molecule has 1 amide bonds. The number of hydrogen-bond acceptors (Lipinski definition) is 5. The van der Waals surface area contributed by atoms with E-state index in [1.54, 1.807) is 30.5 Å². The number of aliphatic hydroxyl groups excluding tert-OH is 1. The van der Waals surface area contributed by atoms with E-state index in [9.17, 15) is 14.7 Å². The van der Waals surface area contributed by atoms with Crippen molar-refractivity contribution in [3.63, 3.8) is 0 Å². The summed E-state index contributed by atoms with van der Waals surface area (Å²) in [5.74, 6) is -1.16. The number of ether oxygens (including phenoxy) is 2. The molecule has 3 heterocycles. The Hall–Kier alpha value is -3.58. The number of benzene rings is 2. The van der Waals surface area contributed by atoms with Gasteiger partial charge in [-0.1, -0.05) is 30.3 Å². The molecule has 2 N–H and O–H groups in total. The zero-order valence-corrected chi connectivity index (χ0v) is 17.7. The largest absolute Gasteiger partial charge is 0.507 e. The monoisotopic (exact) mass is 432 g/mol. The van der Waals surface area contributed by atoms with Gasteiger partial charge in [0.15, 0.2) is 0 Å². The fourth-order valence-corrected chi connectivity index (χ4v) is 4.70. The molecule has 7 heteroatoms. The summed E-state index contributed by atoms with van der Waals surface area (Å²) >= 11 is 0. The van der Waals surface area contributed by atoms with Crippen LogP contribution in [-0.2, 0) is 14.3 Å². The molecule has 2 aromatic carbocycles. The van der Waals surface area contributed by atoms with Gasteiger partial charge in [0.1, 0.15) is 11.5 Å². The van der Waals surface area contributed by atoms with Gasteiger partial charge in [0.2, 0.25) is 0 Å². The molecule has 2 aliphatic rings. The molecule has 32 heavy (non-hydrogen) atoms. The molecule has 164 valence electrons. The number of nitrogens with one attached hydrogen (secondary N) is 1. The molecular weight excluding hydrogens is 408 g/mol. The molecule has 0 aliphatic carbocycles. The van der Waals surface area contributed by atoms with Gasteiger partial charge in [-0.25, -0.2) is 0 Å². The highest BCUT2D eigenvalue weighted by atomic mass is 16.5. The van der Waals surface area contributed by atoms with E-state index in [0.29, 0.717) is 17.9 Å². The molecule has 5 rings (SSSR count). The van der Waals surface area contributed by atoms with Crippen LogP contribution in [0.25, 0.3) is 16.7 Å². The standard InChI is InChI=1S/C25H24N2O5/c1-31-20-11-5-3-9-17(20)23(28)21-22(18-13-26-19-10-4-2-8-16(18)19)27(25(30)24(21)29)14-15-7-6-12-32-15/h2-5,8-11,13,15,22,26,28H,6-7,12,14H2,1H3/b23-21+. The smallest absolute Gasteiger partial charge is 0.295 e. The fraction of sp³-hybridized carbons (Fsp3) is 0.280. The number of aromatic nitrogens is 1. The van der Waals surface area contributed by atoms with Crippen molar-refractivity contribution in [1.29, 1.82) is 0 Å². The molecule has 0 radical (unpaired) electrons. The van der Waals surface area contributed by atoms with E-state index < -0.39 is 17.7 Å². The molecule has 2 atom stereocenters. The second-order valence-electron chi connectivity index (χ2n) is 8.08. The predicted octanol–water partition coefficient (Wildman–Crippen LogP) is 3.78. The van der Waals surface area contributed by atoms with Gasteiger partial charge in [-0.2, -0.15) is 0 Å². The summed E-state index contributed by atoms with van der Waals surface area (Å²) in [7, 11) is 1.50. The number of amides is 1. The summed E-state index contributed by atoms with van der Waals surface area (Å²) in [5, 5.41) is 12.2. The molecule has 0 bridgehead atoms. The second-order valence-corrected chi connectivity index (χ2v) is 8.08. The van der Waals surface area contributed by atoms with E-state index in [1.807, 2.05) is 24.3 Å². The van der Waals surface area contributed by atoms with Crippen LogP contribution in [0.5, 0.6) is 5.75 Å². The molecule has 1 aromatic heterocycles. The van der Waals surface area contributed by atoms with Crippen LogP contribution in [0.15, 0.2) is 60.3 Å². The first kappa shape index (κ1) is 20.3. The summed E-state index contributed by atoms with van der Waals surface area (Å²) in [6.45, 7) is 0.936. The summed E-state index contributed by atoms with van der Waals surface area (Å²) in [5.41, 5.74) is 2.08. The highest BCUT2D eigenvalue weighted by Crippen LogP contribution is 2.43. The molecule has 0 spiro atoms. The van der Waals surface area contributed by atoms with Crippen molar-refractivity contribution in [2.75, 3.05) is 20.3 Å². The number of ketones is 1. The maximum atomic E-state index is 13.2. The van der Waals surface area contributed by atoms with E-state index in [2.05, 4.69) is 4.98 Å². The van der Waals surface area contributed by atoms with Gasteiger partial charge in [-0.05, 0) is 31.0 Å². The zero-order valence-electron chi connectivity index (χ0n) is 17.7. The summed E-state index contributed by atoms with van der Waals surface area (Å²) in [6.07, 6.45) is 3.43. The number of likely N-dealkylation sites (tertiary alicyclic amines) is 1. The summed E-state index contributed by atoms with van der Waals surface area (Å²) < 4.78 is 11.1. The minimum Gasteiger partial charge on any atom is -0.507 e. The van der Waals surface area contributed by atoms with Gasteiger partial charge in [0.05, 0.1) is 30.4 Å². The lowest BCUT2D eigenvalue weighted by Crippen LogP contribution is -2.36. The number of rotatable bonds is 5. The molecule has 2 saturated heterocycles. The van der Waals surface area contributed by atoms with Crippen LogP contribution in [-0.4, -0.2) is 53.0 Å². The van der Waals surface area contributed by atoms with Crippen molar-refractivity contribution in [3.8, 4) is 5.75 Å². The van der Waals surface area contributed by atoms with Crippen LogP contribution in [0.2, 0.25) is 0 Å². The zero-order chi connectivity index (χ0) is 22.2. The van der Waals surface area contributed by atoms with Crippen LogP contribution in [0, 0.1) is 0 Å². The van der Waals surface area contributed by atoms with Gasteiger partial charge in [-0.3, -0.25) is 9.59 Å². The summed E-state index contributed by atoms with van der Waals surface area (Å²) in [4.78, 5) is 31.2. The van der Waals surface area contributed by atoms with Gasteiger partial charge in [0.25, 0.3) is 11.7 Å². The van der Waals surface area contributed by atoms with Crippen molar-refractivity contribution in [3.05, 3.63) is 71.4 Å². The van der Waals surface area contributed by atoms with E-state index >= 15 is 0 Å². The average Bonchev–Trinajstić information content (AvgIpc) is 3.54. The Kier molecular flexibility index (Phi) is 5.19. The Morgan fingerprint density at radius 3 is 2.75 bits per heavy atom. The van der Waals surface area contributed by atoms with Crippen LogP contribution in [0.3, 0.4) is 0 Å². The summed E-state index contributed by atoms with van der Waals surface area (Å²) in [6, 6.07) is 13.9. The first-order valence-electron chi connectivity index (χ1n) is 10.7. The third-order valence-electron chi connectivity index (χ3n) is 6.24. The van der Waals surface area contributed by atoms with E-state index in [1.165, 1.54) is 12.0 Å². The Morgan fingerprint density at radius 2 is 1.97 bits per heavy atom. The number of hydrogen-bond donors (Lipinski definition) is 2. The number of nitrogens with zero attached hydrogens (tertiary/aromatic N) is 1. The minimum absolute atomic E-state index is 0.0576. The molecule has 3 aromatic rings. The van der Waals surface area contributed by atoms with Crippen LogP contribution in [0.1, 0.15) is 30.0 Å². The number of methoxy groups -OCH3 is 1. The van der Waals surface area contributed by atoms with Gasteiger partial charge in [-0.15, -0.1) is 0 Å². The lowest BCUT2D eigenvalue weighted by Gasteiger charge is -2.27. The molecule has 2 unspecified atom stereocenters. The maximum absolute atomic E-state index is 13.2. The van der Waals surface area contributed by atoms with E-state index in [-0.39, 0.29) is 24.0 Å². The molecular formula is C25H24N2O5. The van der Waals surface area contributed by atoms with Crippen molar-refractivity contribution >= 4 is 28.4 Å². The predicted molar refractivity (Wildman–Crippen MR) is 119 cm³/mol. The number of fused-ring (bicyclic) bond motifs is 1. The Labute approximate surface area is 185 Å². The SMILES string of the molecule is COc1ccccc1/C(O)=C1\C(=O)C(=O)N(CC2CCCO2)C1c1c[nH]c2ccccc12. The third kappa shape index (κ3) is 3.26. The minimum atomic E-state index is -0.736. The maximum Gasteiger partial charge on any atom is 0.295 e. The third-order valence-corrected chi connectivity index (χ3v) is 6.24. The van der Waals surface area contributed by atoms with Crippen molar-refractivity contribution in [2.45, 2.75) is 25.0 Å². The van der Waals surface area contributed by atoms with Crippen LogP contribution in [0.4, 0.5) is 0 Å². The average molecular weight is 432 g/mol. The van der Waals surface area contributed by atoms with Crippen molar-refractivity contribution in [1.82, 2.24) is 9.88 Å².